The molecule has 4 heterocycles. The molecule has 3 amide bonds. The fraction of sp³-hybridized carbons (Fsp3) is 0.343. The van der Waals surface area contributed by atoms with Crippen LogP contribution in [0.15, 0.2) is 47.5 Å². The smallest absolute Gasteiger partial charge is 0.246 e. The monoisotopic (exact) mass is 698 g/mol. The van der Waals surface area contributed by atoms with Crippen molar-refractivity contribution < 1.29 is 19.1 Å². The van der Waals surface area contributed by atoms with E-state index >= 15 is 0 Å². The average Bonchev–Trinajstić information content (AvgIpc) is 3.58. The number of carbonyl (C=O) groups excluding carboxylic acids is 3. The third-order valence-corrected chi connectivity index (χ3v) is 10.1. The number of aromatic nitrogens is 3. The van der Waals surface area contributed by atoms with Gasteiger partial charge >= 0.3 is 0 Å². The molecule has 6 rings (SSSR count). The minimum absolute atomic E-state index is 0.0531. The summed E-state index contributed by atoms with van der Waals surface area (Å²) in [5.74, 6) is 0.896. The number of nitrogens with one attached hydrogen (secondary N) is 1. The van der Waals surface area contributed by atoms with Gasteiger partial charge in [0.05, 0.1) is 43.4 Å². The van der Waals surface area contributed by atoms with Gasteiger partial charge in [0.15, 0.2) is 5.82 Å². The van der Waals surface area contributed by atoms with Gasteiger partial charge in [-0.3, -0.25) is 23.9 Å². The summed E-state index contributed by atoms with van der Waals surface area (Å²) in [6.07, 6.45) is 0.422. The first-order valence-electron chi connectivity index (χ1n) is 16.0. The van der Waals surface area contributed by atoms with E-state index in [1.54, 1.807) is 46.3 Å². The highest BCUT2D eigenvalue weighted by Crippen LogP contribution is 2.40. The first-order valence-corrected chi connectivity index (χ1v) is 17.2. The summed E-state index contributed by atoms with van der Waals surface area (Å²) < 4.78 is 7.83. The number of rotatable bonds is 9. The van der Waals surface area contributed by atoms with Gasteiger partial charge in [0.25, 0.3) is 0 Å². The Balaban J connectivity index is 1.22. The van der Waals surface area contributed by atoms with Crippen molar-refractivity contribution >= 4 is 57.7 Å². The lowest BCUT2D eigenvalue weighted by Crippen LogP contribution is -2.44. The third-order valence-electron chi connectivity index (χ3n) is 8.64. The number of thiophene rings is 1. The van der Waals surface area contributed by atoms with Gasteiger partial charge in [-0.15, -0.1) is 21.5 Å². The average molecular weight is 699 g/mol. The van der Waals surface area contributed by atoms with E-state index < -0.39 is 6.04 Å². The molecule has 4 aromatic rings. The highest BCUT2D eigenvalue weighted by molar-refractivity contribution is 7.15. The molecule has 0 saturated heterocycles. The van der Waals surface area contributed by atoms with Crippen LogP contribution in [0.2, 0.25) is 5.02 Å². The lowest BCUT2D eigenvalue weighted by Gasteiger charge is -2.31. The maximum absolute atomic E-state index is 13.5. The van der Waals surface area contributed by atoms with Crippen LogP contribution in [0, 0.1) is 32.1 Å². The number of hydrogen-bond acceptors (Lipinski definition) is 9. The summed E-state index contributed by atoms with van der Waals surface area (Å²) in [6.45, 7) is 8.34. The second-order valence-electron chi connectivity index (χ2n) is 11.7. The summed E-state index contributed by atoms with van der Waals surface area (Å²) in [6, 6.07) is 14.0. The third kappa shape index (κ3) is 6.66. The number of anilines is 2. The highest BCUT2D eigenvalue weighted by Gasteiger charge is 2.33. The van der Waals surface area contributed by atoms with E-state index in [1.807, 2.05) is 35.8 Å². The van der Waals surface area contributed by atoms with Gasteiger partial charge in [-0.05, 0) is 50.6 Å². The van der Waals surface area contributed by atoms with Crippen LogP contribution < -0.4 is 19.9 Å². The molecule has 1 N–H and O–H groups in total. The Labute approximate surface area is 293 Å². The number of fused-ring (bicyclic) bond motifs is 4. The van der Waals surface area contributed by atoms with Crippen molar-refractivity contribution in [2.24, 2.45) is 4.99 Å². The first kappa shape index (κ1) is 33.8. The first-order chi connectivity index (χ1) is 23.6. The van der Waals surface area contributed by atoms with Crippen LogP contribution in [-0.4, -0.2) is 64.4 Å². The topological polar surface area (TPSA) is 146 Å². The number of nitriles is 1. The van der Waals surface area contributed by atoms with Crippen molar-refractivity contribution in [3.05, 3.63) is 80.7 Å². The number of aliphatic imine (C=N–C) groups is 1. The number of nitrogens with zero attached hydrogens (tertiary/aromatic N) is 7. The van der Waals surface area contributed by atoms with Crippen molar-refractivity contribution in [1.29, 1.82) is 5.26 Å². The standard InChI is InChI=1S/C35H35ClN8O4S/c1-5-30(46)42(14-6-13-37)25-11-12-27-28(17-25)48-16-15-43(27)31(47)19-38-29(45)18-26-34-41-40-22(4)44(34)35-32(20(2)21(3)49-35)33(39-26)23-7-9-24(36)10-8-23/h7-12,17,26H,5-6,14-16,18-19H2,1-4H3,(H,38,45)/t26-/m0/s1. The van der Waals surface area contributed by atoms with Gasteiger partial charge in [0, 0.05) is 45.7 Å². The van der Waals surface area contributed by atoms with Gasteiger partial charge in [-0.1, -0.05) is 30.7 Å². The predicted molar refractivity (Wildman–Crippen MR) is 188 cm³/mol. The molecule has 0 radical (unpaired) electrons. The van der Waals surface area contributed by atoms with Crippen LogP contribution in [0.1, 0.15) is 65.4 Å². The van der Waals surface area contributed by atoms with Gasteiger partial charge in [-0.2, -0.15) is 5.26 Å². The van der Waals surface area contributed by atoms with E-state index in [0.717, 1.165) is 32.3 Å². The van der Waals surface area contributed by atoms with E-state index in [-0.39, 0.29) is 56.7 Å². The Morgan fingerprint density at radius 2 is 1.92 bits per heavy atom. The fourth-order valence-electron chi connectivity index (χ4n) is 6.04. The number of aryl methyl sites for hydroxylation is 2. The number of benzene rings is 2. The molecular formula is C35H35ClN8O4S. The van der Waals surface area contributed by atoms with Crippen molar-refractivity contribution in [1.82, 2.24) is 20.1 Å². The van der Waals surface area contributed by atoms with Crippen LogP contribution in [0.3, 0.4) is 0 Å². The normalized spacial score (nSPS) is 14.7. The SMILES string of the molecule is CCC(=O)N(CCC#N)c1ccc2c(c1)OCCN2C(=O)CNC(=O)C[C@@H]1N=C(c2ccc(Cl)cc2)c2c(sc(C)c2C)-n2c(C)nnc21. The molecule has 14 heteroatoms. The zero-order valence-corrected chi connectivity index (χ0v) is 29.2. The van der Waals surface area contributed by atoms with Crippen molar-refractivity contribution in [2.75, 3.05) is 36.0 Å². The van der Waals surface area contributed by atoms with E-state index in [4.69, 9.17) is 26.6 Å². The van der Waals surface area contributed by atoms with Crippen molar-refractivity contribution in [3.8, 4) is 16.8 Å². The maximum atomic E-state index is 13.5. The lowest BCUT2D eigenvalue weighted by molar-refractivity contribution is -0.125. The Morgan fingerprint density at radius 1 is 1.14 bits per heavy atom. The maximum Gasteiger partial charge on any atom is 0.246 e. The molecule has 0 unspecified atom stereocenters. The Morgan fingerprint density at radius 3 is 2.65 bits per heavy atom. The zero-order chi connectivity index (χ0) is 34.8. The van der Waals surface area contributed by atoms with E-state index in [0.29, 0.717) is 40.3 Å². The van der Waals surface area contributed by atoms with Gasteiger partial charge in [0.2, 0.25) is 17.7 Å². The predicted octanol–water partition coefficient (Wildman–Crippen LogP) is 5.39. The molecule has 0 saturated carbocycles. The second kappa shape index (κ2) is 14.2. The molecule has 2 aromatic carbocycles. The highest BCUT2D eigenvalue weighted by atomic mass is 35.5. The molecule has 2 aliphatic rings. The summed E-state index contributed by atoms with van der Waals surface area (Å²) in [7, 11) is 0. The second-order valence-corrected chi connectivity index (χ2v) is 13.4. The summed E-state index contributed by atoms with van der Waals surface area (Å²) >= 11 is 7.84. The van der Waals surface area contributed by atoms with Crippen LogP contribution >= 0.6 is 22.9 Å². The Bertz CT molecular complexity index is 2010. The molecular weight excluding hydrogens is 664 g/mol. The Hall–Kier alpha value is -5.06. The molecule has 0 bridgehead atoms. The van der Waals surface area contributed by atoms with E-state index in [1.165, 1.54) is 0 Å². The summed E-state index contributed by atoms with van der Waals surface area (Å²) in [5.41, 5.74) is 4.79. The minimum Gasteiger partial charge on any atom is -0.489 e. The molecule has 2 aromatic heterocycles. The molecule has 12 nitrogen and oxygen atoms in total. The molecule has 0 spiro atoms. The van der Waals surface area contributed by atoms with Crippen molar-refractivity contribution in [3.63, 3.8) is 0 Å². The molecule has 2 aliphatic heterocycles. The Kier molecular flexibility index (Phi) is 9.80. The molecule has 49 heavy (non-hydrogen) atoms. The van der Waals surface area contributed by atoms with Crippen molar-refractivity contribution in [2.45, 2.75) is 53.0 Å². The van der Waals surface area contributed by atoms with Gasteiger partial charge in [-0.25, -0.2) is 0 Å². The molecule has 252 valence electrons. The number of hydrogen-bond donors (Lipinski definition) is 1. The minimum atomic E-state index is -0.668. The van der Waals surface area contributed by atoms with Crippen LogP contribution in [-0.2, 0) is 14.4 Å². The molecule has 0 fully saturated rings. The van der Waals surface area contributed by atoms with Crippen LogP contribution in [0.5, 0.6) is 5.75 Å². The van der Waals surface area contributed by atoms with E-state index in [9.17, 15) is 14.4 Å². The largest absolute Gasteiger partial charge is 0.489 e. The number of carbonyl (C=O) groups is 3. The van der Waals surface area contributed by atoms with Gasteiger partial charge in [0.1, 0.15) is 29.2 Å². The quantitative estimate of drug-likeness (QED) is 0.247. The van der Waals surface area contributed by atoms with Crippen LogP contribution in [0.4, 0.5) is 11.4 Å². The zero-order valence-electron chi connectivity index (χ0n) is 27.6. The number of amides is 3. The van der Waals surface area contributed by atoms with Crippen LogP contribution in [0.25, 0.3) is 5.00 Å². The number of ether oxygens (including phenoxy) is 1. The molecule has 1 atom stereocenters. The summed E-state index contributed by atoms with van der Waals surface area (Å²) in [4.78, 5) is 48.9. The summed E-state index contributed by atoms with van der Waals surface area (Å²) in [5, 5.41) is 22.2. The molecule has 0 aliphatic carbocycles. The lowest BCUT2D eigenvalue weighted by atomic mass is 9.99. The fourth-order valence-corrected chi connectivity index (χ4v) is 7.38. The van der Waals surface area contributed by atoms with E-state index in [2.05, 4.69) is 35.4 Å². The van der Waals surface area contributed by atoms with Gasteiger partial charge < -0.3 is 19.9 Å². The number of halogens is 1.